The Hall–Kier alpha value is -1.46. The Morgan fingerprint density at radius 1 is 0.978 bits per heavy atom. The molecule has 4 aliphatic carbocycles. The lowest BCUT2D eigenvalue weighted by Gasteiger charge is -2.61. The minimum atomic E-state index is -0.665. The van der Waals surface area contributed by atoms with Crippen molar-refractivity contribution in [2.24, 2.45) is 52.3 Å². The van der Waals surface area contributed by atoms with Gasteiger partial charge in [-0.05, 0) is 104 Å². The minimum absolute atomic E-state index is 0.181. The molecule has 0 heterocycles. The largest absolute Gasteiger partial charge is 0.393 e. The molecule has 4 aliphatic rings. The number of allylic oxidation sites excluding steroid dienone is 1. The SMILES string of the molecule is C=CC(=O)OC(=O)CCCCCCCCCC[C@@H]1C[C@@H]2[C@H](CC=C3C[C@@H](O)CC[C@]32C)[C@H]2[C@H](O)C[C@@H]([C@H](C)CCCC(C)C)[C@]12C. The summed E-state index contributed by atoms with van der Waals surface area (Å²) in [7, 11) is 0. The summed E-state index contributed by atoms with van der Waals surface area (Å²) in [5, 5.41) is 22.4. The van der Waals surface area contributed by atoms with Crippen molar-refractivity contribution in [3.8, 4) is 0 Å². The number of hydrogen-bond donors (Lipinski definition) is 2. The van der Waals surface area contributed by atoms with Crippen molar-refractivity contribution in [3.05, 3.63) is 24.3 Å². The number of fused-ring (bicyclic) bond motifs is 5. The molecule has 0 aromatic rings. The van der Waals surface area contributed by atoms with E-state index in [1.807, 2.05) is 0 Å². The molecule has 10 atom stereocenters. The second-order valence-corrected chi connectivity index (χ2v) is 16.9. The van der Waals surface area contributed by atoms with Crippen LogP contribution in [0.2, 0.25) is 0 Å². The lowest BCUT2D eigenvalue weighted by atomic mass is 9.43. The van der Waals surface area contributed by atoms with Crippen LogP contribution in [0.25, 0.3) is 0 Å². The van der Waals surface area contributed by atoms with Crippen LogP contribution in [0.1, 0.15) is 157 Å². The average molecular weight is 641 g/mol. The summed E-state index contributed by atoms with van der Waals surface area (Å²) in [6.07, 6.45) is 24.0. The summed E-state index contributed by atoms with van der Waals surface area (Å²) in [5.74, 6) is 3.13. The molecule has 262 valence electrons. The van der Waals surface area contributed by atoms with Crippen molar-refractivity contribution in [2.45, 2.75) is 169 Å². The first-order chi connectivity index (χ1) is 21.9. The van der Waals surface area contributed by atoms with Gasteiger partial charge < -0.3 is 14.9 Å². The number of carbonyl (C=O) groups excluding carboxylic acids is 2. The van der Waals surface area contributed by atoms with Crippen LogP contribution in [-0.2, 0) is 14.3 Å². The van der Waals surface area contributed by atoms with Crippen molar-refractivity contribution < 1.29 is 24.5 Å². The van der Waals surface area contributed by atoms with Crippen molar-refractivity contribution in [2.75, 3.05) is 0 Å². The first-order valence-electron chi connectivity index (χ1n) is 19.3. The van der Waals surface area contributed by atoms with E-state index in [4.69, 9.17) is 0 Å². The Morgan fingerprint density at radius 2 is 1.65 bits per heavy atom. The summed E-state index contributed by atoms with van der Waals surface area (Å²) in [6, 6.07) is 0. The summed E-state index contributed by atoms with van der Waals surface area (Å²) >= 11 is 0. The Morgan fingerprint density at radius 3 is 2.33 bits per heavy atom. The van der Waals surface area contributed by atoms with Crippen LogP contribution >= 0.6 is 0 Å². The van der Waals surface area contributed by atoms with E-state index in [1.165, 1.54) is 69.8 Å². The predicted octanol–water partition coefficient (Wildman–Crippen LogP) is 9.74. The molecule has 0 bridgehead atoms. The zero-order valence-electron chi connectivity index (χ0n) is 30.1. The van der Waals surface area contributed by atoms with E-state index in [0.717, 1.165) is 63.4 Å². The summed E-state index contributed by atoms with van der Waals surface area (Å²) in [4.78, 5) is 22.8. The number of aliphatic hydroxyl groups is 2. The Bertz CT molecular complexity index is 1050. The Balaban J connectivity index is 1.35. The molecule has 0 aromatic carbocycles. The van der Waals surface area contributed by atoms with Gasteiger partial charge in [-0.15, -0.1) is 0 Å². The number of ether oxygens (including phenoxy) is 1. The molecule has 0 spiro atoms. The highest BCUT2D eigenvalue weighted by Gasteiger charge is 2.65. The molecule has 0 radical (unpaired) electrons. The molecule has 0 aliphatic heterocycles. The van der Waals surface area contributed by atoms with Gasteiger partial charge in [0.25, 0.3) is 0 Å². The third-order valence-corrected chi connectivity index (χ3v) is 13.7. The van der Waals surface area contributed by atoms with E-state index in [0.29, 0.717) is 41.9 Å². The molecule has 5 heteroatoms. The highest BCUT2D eigenvalue weighted by Crippen LogP contribution is 2.69. The van der Waals surface area contributed by atoms with Crippen molar-refractivity contribution in [1.82, 2.24) is 0 Å². The van der Waals surface area contributed by atoms with Gasteiger partial charge in [-0.2, -0.15) is 0 Å². The smallest absolute Gasteiger partial charge is 0.337 e. The van der Waals surface area contributed by atoms with Crippen molar-refractivity contribution in [3.63, 3.8) is 0 Å². The normalized spacial score (nSPS) is 35.9. The summed E-state index contributed by atoms with van der Waals surface area (Å²) in [6.45, 7) is 15.6. The van der Waals surface area contributed by atoms with Crippen LogP contribution in [0.4, 0.5) is 0 Å². The molecule has 0 saturated heterocycles. The third-order valence-electron chi connectivity index (χ3n) is 13.7. The van der Waals surface area contributed by atoms with Crippen LogP contribution in [0.3, 0.4) is 0 Å². The van der Waals surface area contributed by atoms with Crippen molar-refractivity contribution in [1.29, 1.82) is 0 Å². The highest BCUT2D eigenvalue weighted by atomic mass is 16.6. The van der Waals surface area contributed by atoms with Crippen LogP contribution in [0, 0.1) is 52.3 Å². The first-order valence-corrected chi connectivity index (χ1v) is 19.3. The van der Waals surface area contributed by atoms with E-state index >= 15 is 0 Å². The van der Waals surface area contributed by atoms with Gasteiger partial charge in [-0.3, -0.25) is 4.79 Å². The standard InChI is InChI=1S/C41H68O5/c1-7-37(44)46-38(45)20-15-13-11-9-8-10-12-14-19-31-26-35-33(22-21-30-25-32(42)23-24-40(30,35)5)39-36(43)27-34(41(31,39)6)29(4)18-16-17-28(2)3/h7,21,28-29,31-36,39,42-43H,1,8-20,22-27H2,2-6H3/t29-,31-,32+,33+,34+,35-,36-,39+,40-,41+/m1/s1. The molecular weight excluding hydrogens is 572 g/mol. The molecule has 0 unspecified atom stereocenters. The van der Waals surface area contributed by atoms with Gasteiger partial charge in [0.2, 0.25) is 0 Å². The van der Waals surface area contributed by atoms with Gasteiger partial charge in [0.05, 0.1) is 12.2 Å². The van der Waals surface area contributed by atoms with E-state index in [9.17, 15) is 19.8 Å². The predicted molar refractivity (Wildman–Crippen MR) is 187 cm³/mol. The molecule has 2 N–H and O–H groups in total. The summed E-state index contributed by atoms with van der Waals surface area (Å²) in [5.41, 5.74) is 1.90. The molecule has 0 amide bonds. The second-order valence-electron chi connectivity index (χ2n) is 16.9. The van der Waals surface area contributed by atoms with Crippen LogP contribution in [0.15, 0.2) is 24.3 Å². The Labute approximate surface area is 281 Å². The number of carbonyl (C=O) groups is 2. The quantitative estimate of drug-likeness (QED) is 0.0544. The molecule has 5 nitrogen and oxygen atoms in total. The molecular formula is C41H68O5. The van der Waals surface area contributed by atoms with E-state index in [1.54, 1.807) is 0 Å². The van der Waals surface area contributed by atoms with Gasteiger partial charge in [-0.1, -0.05) is 117 Å². The average Bonchev–Trinajstić information content (AvgIpc) is 3.29. The fraction of sp³-hybridized carbons (Fsp3) is 0.854. The lowest BCUT2D eigenvalue weighted by molar-refractivity contribution is -0.156. The van der Waals surface area contributed by atoms with Crippen LogP contribution in [-0.4, -0.2) is 34.4 Å². The maximum atomic E-state index is 11.9. The maximum absolute atomic E-state index is 11.9. The molecule has 3 fully saturated rings. The fourth-order valence-corrected chi connectivity index (χ4v) is 11.2. The van der Waals surface area contributed by atoms with Crippen molar-refractivity contribution >= 4 is 11.9 Å². The number of esters is 2. The number of rotatable bonds is 17. The van der Waals surface area contributed by atoms with Crippen LogP contribution in [0.5, 0.6) is 0 Å². The van der Waals surface area contributed by atoms with Gasteiger partial charge >= 0.3 is 11.9 Å². The van der Waals surface area contributed by atoms with Crippen LogP contribution < -0.4 is 0 Å². The molecule has 4 rings (SSSR count). The van der Waals surface area contributed by atoms with Gasteiger partial charge in [0.1, 0.15) is 0 Å². The Kier molecular flexibility index (Phi) is 13.6. The van der Waals surface area contributed by atoms with Gasteiger partial charge in [0.15, 0.2) is 0 Å². The lowest BCUT2D eigenvalue weighted by Crippen LogP contribution is -2.56. The maximum Gasteiger partial charge on any atom is 0.337 e. The monoisotopic (exact) mass is 641 g/mol. The number of unbranched alkanes of at least 4 members (excludes halogenated alkanes) is 7. The zero-order chi connectivity index (χ0) is 33.5. The fourth-order valence-electron chi connectivity index (χ4n) is 11.2. The van der Waals surface area contributed by atoms with Gasteiger partial charge in [-0.25, -0.2) is 4.79 Å². The molecule has 3 saturated carbocycles. The highest BCUT2D eigenvalue weighted by molar-refractivity contribution is 5.91. The number of hydrogen-bond acceptors (Lipinski definition) is 5. The molecule has 46 heavy (non-hydrogen) atoms. The van der Waals surface area contributed by atoms with E-state index in [-0.39, 0.29) is 23.0 Å². The minimum Gasteiger partial charge on any atom is -0.393 e. The molecule has 0 aromatic heterocycles. The van der Waals surface area contributed by atoms with E-state index < -0.39 is 11.9 Å². The summed E-state index contributed by atoms with van der Waals surface area (Å²) < 4.78 is 4.65. The third kappa shape index (κ3) is 8.57. The van der Waals surface area contributed by atoms with E-state index in [2.05, 4.69) is 52.0 Å². The number of aliphatic hydroxyl groups excluding tert-OH is 2. The first kappa shape index (κ1) is 37.4. The van der Waals surface area contributed by atoms with Gasteiger partial charge in [0, 0.05) is 12.5 Å². The second kappa shape index (κ2) is 16.8. The zero-order valence-corrected chi connectivity index (χ0v) is 30.1. The topological polar surface area (TPSA) is 83.8 Å².